The van der Waals surface area contributed by atoms with E-state index in [9.17, 15) is 4.79 Å². The van der Waals surface area contributed by atoms with Gasteiger partial charge in [-0.3, -0.25) is 19.0 Å². The Kier molecular flexibility index (Phi) is 13.3. The van der Waals surface area contributed by atoms with Gasteiger partial charge >= 0.3 is 5.69 Å². The van der Waals surface area contributed by atoms with Crippen LogP contribution in [0.15, 0.2) is 83.9 Å². The zero-order valence-corrected chi connectivity index (χ0v) is 38.6. The normalized spacial score (nSPS) is 17.3. The molecule has 6 heterocycles. The molecule has 66 heavy (non-hydrogen) atoms. The van der Waals surface area contributed by atoms with Crippen LogP contribution in [0.2, 0.25) is 0 Å². The first-order valence-corrected chi connectivity index (χ1v) is 23.4. The van der Waals surface area contributed by atoms with Gasteiger partial charge in [-0.05, 0) is 115 Å². The number of nitrogens with one attached hydrogen (secondary N) is 1. The first kappa shape index (κ1) is 45.5. The minimum atomic E-state index is -1.59. The highest BCUT2D eigenvalue weighted by Gasteiger charge is 2.41. The van der Waals surface area contributed by atoms with E-state index < -0.39 is 23.3 Å². The first-order chi connectivity index (χ1) is 31.8. The van der Waals surface area contributed by atoms with Crippen LogP contribution in [0.1, 0.15) is 88.2 Å². The van der Waals surface area contributed by atoms with Crippen LogP contribution in [-0.2, 0) is 17.7 Å². The van der Waals surface area contributed by atoms with Gasteiger partial charge in [0.05, 0.1) is 42.0 Å². The fraction of sp³-hybridized carbons (Fsp3) is 0.442. The molecule has 0 radical (unpaired) electrons. The fourth-order valence-corrected chi connectivity index (χ4v) is 9.96. The van der Waals surface area contributed by atoms with E-state index >= 15 is 13.2 Å². The molecule has 7 aromatic rings. The fourth-order valence-electron chi connectivity index (χ4n) is 9.96. The van der Waals surface area contributed by atoms with Crippen molar-refractivity contribution in [3.8, 4) is 22.8 Å². The lowest BCUT2D eigenvalue weighted by Crippen LogP contribution is -2.48. The number of aromatic amines is 1. The molecule has 0 bridgehead atoms. The molecule has 3 aromatic carbocycles. The maximum Gasteiger partial charge on any atom is 0.329 e. The third-order valence-electron chi connectivity index (χ3n) is 13.1. The molecule has 0 amide bonds. The molecule has 2 atom stereocenters. The molecule has 2 aliphatic heterocycles. The lowest BCUT2D eigenvalue weighted by atomic mass is 9.87. The molecule has 14 heteroatoms. The summed E-state index contributed by atoms with van der Waals surface area (Å²) in [6.45, 7) is 8.38. The van der Waals surface area contributed by atoms with Crippen LogP contribution < -0.4 is 15.2 Å². The van der Waals surface area contributed by atoms with Crippen LogP contribution in [0.3, 0.4) is 0 Å². The van der Waals surface area contributed by atoms with E-state index in [1.165, 1.54) is 26.0 Å². The number of alkyl halides is 1. The molecule has 0 spiro atoms. The lowest BCUT2D eigenvalue weighted by Gasteiger charge is -2.43. The van der Waals surface area contributed by atoms with Crippen LogP contribution >= 0.6 is 0 Å². The van der Waals surface area contributed by atoms with Crippen molar-refractivity contribution in [2.24, 2.45) is 0 Å². The van der Waals surface area contributed by atoms with E-state index in [2.05, 4.69) is 20.9 Å². The number of hydrogen-bond acceptors (Lipinski definition) is 8. The van der Waals surface area contributed by atoms with Gasteiger partial charge in [0.15, 0.2) is 0 Å². The maximum atomic E-state index is 16.3. The summed E-state index contributed by atoms with van der Waals surface area (Å²) in [7, 11) is 4.08. The number of para-hydroxylation sites is 1. The number of pyridine rings is 2. The van der Waals surface area contributed by atoms with E-state index in [1.54, 1.807) is 6.20 Å². The van der Waals surface area contributed by atoms with E-state index in [0.717, 1.165) is 75.3 Å². The molecule has 1 fully saturated rings. The number of rotatable bonds is 17. The van der Waals surface area contributed by atoms with Crippen molar-refractivity contribution >= 4 is 32.8 Å². The minimum absolute atomic E-state index is 0.00244. The van der Waals surface area contributed by atoms with Crippen LogP contribution in [0.5, 0.6) is 11.6 Å². The van der Waals surface area contributed by atoms with Crippen LogP contribution in [0, 0.1) is 11.6 Å². The minimum Gasteiger partial charge on any atom is -0.493 e. The van der Waals surface area contributed by atoms with Crippen molar-refractivity contribution in [2.45, 2.75) is 96.1 Å². The molecular formula is C52H60F3N7O4. The smallest absolute Gasteiger partial charge is 0.329 e. The van der Waals surface area contributed by atoms with Gasteiger partial charge in [-0.1, -0.05) is 24.3 Å². The molecule has 4 aromatic heterocycles. The van der Waals surface area contributed by atoms with Crippen molar-refractivity contribution in [2.75, 3.05) is 53.6 Å². The third kappa shape index (κ3) is 9.45. The number of nitrogens with zero attached hydrogens (tertiary/aromatic N) is 6. The SMILES string of the molecule is C[C@@H]1Cc2c([nH]c3ccccc23)[C@@H](c2c(F)cc(OCCCCCn3c(=O)n(C4CCOCC4)c4c5cc(-c6ccc(OCCCN(C)C)nc6)ccc5ncc43)cc2F)N1CC(C)(C)F. The van der Waals surface area contributed by atoms with Crippen molar-refractivity contribution in [1.82, 2.24) is 33.9 Å². The Bertz CT molecular complexity index is 2860. The molecule has 2 aliphatic rings. The van der Waals surface area contributed by atoms with E-state index in [4.69, 9.17) is 19.2 Å². The van der Waals surface area contributed by atoms with Crippen LogP contribution in [0.25, 0.3) is 44.0 Å². The molecule has 1 N–H and O–H groups in total. The molecule has 0 unspecified atom stereocenters. The maximum absolute atomic E-state index is 16.3. The van der Waals surface area contributed by atoms with Gasteiger partial charge < -0.3 is 24.1 Å². The highest BCUT2D eigenvalue weighted by Crippen LogP contribution is 2.44. The Balaban J connectivity index is 0.900. The van der Waals surface area contributed by atoms with Crippen LogP contribution in [-0.4, -0.2) is 99.2 Å². The Hall–Kier alpha value is -5.70. The number of fused-ring (bicyclic) bond motifs is 6. The predicted molar refractivity (Wildman–Crippen MR) is 253 cm³/mol. The first-order valence-electron chi connectivity index (χ1n) is 23.4. The zero-order chi connectivity index (χ0) is 46.1. The van der Waals surface area contributed by atoms with Crippen molar-refractivity contribution in [3.05, 3.63) is 118 Å². The summed E-state index contributed by atoms with van der Waals surface area (Å²) in [6, 6.07) is 19.3. The number of imidazole rings is 1. The summed E-state index contributed by atoms with van der Waals surface area (Å²) in [5.41, 5.74) is 5.11. The molecule has 0 saturated carbocycles. The average molecular weight is 904 g/mol. The Morgan fingerprint density at radius 3 is 2.38 bits per heavy atom. The van der Waals surface area contributed by atoms with Gasteiger partial charge in [0, 0.05) is 102 Å². The van der Waals surface area contributed by atoms with Gasteiger partial charge in [0.2, 0.25) is 5.88 Å². The lowest BCUT2D eigenvalue weighted by molar-refractivity contribution is 0.0642. The highest BCUT2D eigenvalue weighted by atomic mass is 19.1. The molecular weight excluding hydrogens is 844 g/mol. The van der Waals surface area contributed by atoms with Gasteiger partial charge in [-0.15, -0.1) is 0 Å². The van der Waals surface area contributed by atoms with Gasteiger partial charge in [0.25, 0.3) is 0 Å². The quantitative estimate of drug-likeness (QED) is 0.0902. The summed E-state index contributed by atoms with van der Waals surface area (Å²) in [4.78, 5) is 31.2. The molecule has 0 aliphatic carbocycles. The number of ether oxygens (including phenoxy) is 3. The predicted octanol–water partition coefficient (Wildman–Crippen LogP) is 10.2. The Labute approximate surface area is 383 Å². The van der Waals surface area contributed by atoms with Crippen molar-refractivity contribution in [1.29, 1.82) is 0 Å². The number of hydrogen-bond donors (Lipinski definition) is 1. The van der Waals surface area contributed by atoms with Crippen molar-refractivity contribution < 1.29 is 27.4 Å². The number of unbranched alkanes of at least 4 members (excludes halogenated alkanes) is 2. The molecule has 11 nitrogen and oxygen atoms in total. The second kappa shape index (κ2) is 19.3. The van der Waals surface area contributed by atoms with E-state index in [0.29, 0.717) is 63.6 Å². The second-order valence-corrected chi connectivity index (χ2v) is 18.9. The molecule has 348 valence electrons. The summed E-state index contributed by atoms with van der Waals surface area (Å²) in [5.74, 6) is -0.807. The summed E-state index contributed by atoms with van der Waals surface area (Å²) >= 11 is 0. The van der Waals surface area contributed by atoms with Gasteiger partial charge in [0.1, 0.15) is 23.1 Å². The zero-order valence-electron chi connectivity index (χ0n) is 38.6. The third-order valence-corrected chi connectivity index (χ3v) is 13.1. The highest BCUT2D eigenvalue weighted by molar-refractivity contribution is 6.04. The van der Waals surface area contributed by atoms with Gasteiger partial charge in [-0.2, -0.15) is 0 Å². The number of benzene rings is 3. The van der Waals surface area contributed by atoms with E-state index in [-0.39, 0.29) is 42.2 Å². The summed E-state index contributed by atoms with van der Waals surface area (Å²) in [5, 5.41) is 1.90. The average Bonchev–Trinajstić information content (AvgIpc) is 3.80. The summed E-state index contributed by atoms with van der Waals surface area (Å²) in [6.07, 6.45) is 8.63. The molecule has 1 saturated heterocycles. The number of H-pyrrole nitrogens is 1. The van der Waals surface area contributed by atoms with Crippen molar-refractivity contribution in [3.63, 3.8) is 0 Å². The van der Waals surface area contributed by atoms with Crippen LogP contribution in [0.4, 0.5) is 13.2 Å². The number of halogens is 3. The Morgan fingerprint density at radius 2 is 1.64 bits per heavy atom. The molecule has 9 rings (SSSR count). The second-order valence-electron chi connectivity index (χ2n) is 18.9. The monoisotopic (exact) mass is 903 g/mol. The Morgan fingerprint density at radius 1 is 0.879 bits per heavy atom. The topological polar surface area (TPSA) is 103 Å². The summed E-state index contributed by atoms with van der Waals surface area (Å²) < 4.78 is 69.1. The van der Waals surface area contributed by atoms with E-state index in [1.807, 2.05) is 89.8 Å². The number of aromatic nitrogens is 5. The van der Waals surface area contributed by atoms with Gasteiger partial charge in [-0.25, -0.2) is 22.9 Å². The number of aryl methyl sites for hydroxylation is 1. The largest absolute Gasteiger partial charge is 0.493 e. The standard InChI is InChI=1S/C52H60F3N7O4/c1-33-26-39-38-12-7-8-13-44(38)58-48(39)50(61(33)32-52(2,3)55)47-41(53)28-37(29-42(47)54)65-22-10-6-9-21-60-45-31-56-43-16-14-34(35-15-17-46(57-30-35)66-23-11-20-59(4)5)27-40(43)49(45)62(51(60)63)36-18-24-64-25-19-36/h7-8,12-17,27-31,33,36,50,58H,6,9-11,18-26,32H2,1-5H3/t33-,50-/m1/s1.